The normalized spacial score (nSPS) is 31.2. The van der Waals surface area contributed by atoms with E-state index in [1.54, 1.807) is 26.0 Å². The molecule has 0 N–H and O–H groups in total. The summed E-state index contributed by atoms with van der Waals surface area (Å²) in [5.74, 6) is -0.0347. The van der Waals surface area contributed by atoms with E-state index in [9.17, 15) is 14.2 Å². The molecule has 164 valence electrons. The van der Waals surface area contributed by atoms with Gasteiger partial charge in [0.2, 0.25) is 0 Å². The average Bonchev–Trinajstić information content (AvgIpc) is 2.72. The Morgan fingerprint density at radius 3 is 1.47 bits per heavy atom. The summed E-state index contributed by atoms with van der Waals surface area (Å²) < 4.78 is 24.7. The van der Waals surface area contributed by atoms with E-state index in [4.69, 9.17) is 9.05 Å². The van der Waals surface area contributed by atoms with Gasteiger partial charge in [-0.2, -0.15) is 0 Å². The van der Waals surface area contributed by atoms with Crippen LogP contribution in [0.5, 0.6) is 0 Å². The van der Waals surface area contributed by atoms with Crippen LogP contribution in [0.25, 0.3) is 0 Å². The van der Waals surface area contributed by atoms with Crippen molar-refractivity contribution in [2.75, 3.05) is 0 Å². The summed E-state index contributed by atoms with van der Waals surface area (Å²) in [5.41, 5.74) is 0.233. The number of Topliss-reactive ketones (excluding diaryl/α,β-unsaturated/α-hetero) is 2. The van der Waals surface area contributed by atoms with Gasteiger partial charge in [-0.15, -0.1) is 9.05 Å². The van der Waals surface area contributed by atoms with Crippen LogP contribution in [0, 0.1) is 10.8 Å². The van der Waals surface area contributed by atoms with Crippen LogP contribution < -0.4 is 0 Å². The minimum Gasteiger partial charge on any atom is -0.299 e. The van der Waals surface area contributed by atoms with Crippen molar-refractivity contribution < 1.29 is 23.2 Å². The van der Waals surface area contributed by atoms with Crippen LogP contribution in [0.4, 0.5) is 0 Å². The van der Waals surface area contributed by atoms with Gasteiger partial charge in [0.05, 0.1) is 10.8 Å². The van der Waals surface area contributed by atoms with Gasteiger partial charge in [-0.1, -0.05) is 63.1 Å². The van der Waals surface area contributed by atoms with Crippen molar-refractivity contribution in [3.05, 3.63) is 47.6 Å². The molecule has 2 aliphatic rings. The lowest BCUT2D eigenvalue weighted by Crippen LogP contribution is -2.45. The smallest absolute Gasteiger partial charge is 0.299 e. The zero-order chi connectivity index (χ0) is 22.5. The van der Waals surface area contributed by atoms with Gasteiger partial charge in [0, 0.05) is 4.57 Å². The van der Waals surface area contributed by atoms with Crippen LogP contribution in [-0.4, -0.2) is 23.8 Å². The van der Waals surface area contributed by atoms with E-state index in [1.165, 1.54) is 0 Å². The summed E-state index contributed by atoms with van der Waals surface area (Å²) >= 11 is 0. The van der Waals surface area contributed by atoms with Gasteiger partial charge in [-0.25, -0.2) is 0 Å². The fraction of sp³-hybridized carbons (Fsp3) is 0.583. The quantitative estimate of drug-likeness (QED) is 0.384. The van der Waals surface area contributed by atoms with Gasteiger partial charge in [0.1, 0.15) is 11.6 Å². The molecule has 0 aromatic carbocycles. The Balaban J connectivity index is 2.30. The molecule has 0 aromatic rings. The number of hydrogen-bond acceptors (Lipinski definition) is 5. The second-order valence-corrected chi connectivity index (χ2v) is 8.77. The first-order valence-electron chi connectivity index (χ1n) is 10.8. The molecule has 2 rings (SSSR count). The molecular formula is C24H34O5P+. The maximum atomic E-state index is 13.0. The SMILES string of the molecule is CCC1=CC=CC(O[P+](=O)OC2C=CC=C(CC)C2(CC)C(C)=O)C1(CC)C(C)=O. The van der Waals surface area contributed by atoms with E-state index in [0.717, 1.165) is 11.1 Å². The molecule has 0 aliphatic heterocycles. The molecule has 0 heterocycles. The van der Waals surface area contributed by atoms with E-state index in [2.05, 4.69) is 0 Å². The van der Waals surface area contributed by atoms with Gasteiger partial charge in [0.15, 0.2) is 12.2 Å². The topological polar surface area (TPSA) is 69.7 Å². The van der Waals surface area contributed by atoms with Crippen LogP contribution in [0.2, 0.25) is 0 Å². The monoisotopic (exact) mass is 433 g/mol. The lowest BCUT2D eigenvalue weighted by atomic mass is 9.67. The van der Waals surface area contributed by atoms with Crippen LogP contribution in [-0.2, 0) is 23.2 Å². The first-order valence-corrected chi connectivity index (χ1v) is 11.9. The summed E-state index contributed by atoms with van der Waals surface area (Å²) in [6, 6.07) is 0. The number of hydrogen-bond donors (Lipinski definition) is 0. The molecule has 4 atom stereocenters. The molecule has 2 aliphatic carbocycles. The van der Waals surface area contributed by atoms with Gasteiger partial charge >= 0.3 is 8.25 Å². The minimum atomic E-state index is -2.56. The van der Waals surface area contributed by atoms with E-state index in [-0.39, 0.29) is 11.6 Å². The molecule has 4 unspecified atom stereocenters. The van der Waals surface area contributed by atoms with E-state index >= 15 is 0 Å². The Morgan fingerprint density at radius 2 is 1.20 bits per heavy atom. The molecule has 30 heavy (non-hydrogen) atoms. The Kier molecular flexibility index (Phi) is 8.27. The highest BCUT2D eigenvalue weighted by atomic mass is 31.1. The maximum absolute atomic E-state index is 13.0. The Hall–Kier alpha value is -1.68. The van der Waals surface area contributed by atoms with Crippen molar-refractivity contribution >= 4 is 19.8 Å². The van der Waals surface area contributed by atoms with Gasteiger partial charge < -0.3 is 0 Å². The zero-order valence-electron chi connectivity index (χ0n) is 18.9. The van der Waals surface area contributed by atoms with E-state index in [0.29, 0.717) is 25.7 Å². The molecule has 0 spiro atoms. The van der Waals surface area contributed by atoms with E-state index < -0.39 is 31.3 Å². The number of ketones is 2. The van der Waals surface area contributed by atoms with Crippen LogP contribution in [0.3, 0.4) is 0 Å². The summed E-state index contributed by atoms with van der Waals surface area (Å²) in [7, 11) is -2.56. The van der Waals surface area contributed by atoms with E-state index in [1.807, 2.05) is 52.0 Å². The first kappa shape index (κ1) is 24.6. The third kappa shape index (κ3) is 4.08. The predicted molar refractivity (Wildman–Crippen MR) is 119 cm³/mol. The third-order valence-electron chi connectivity index (χ3n) is 6.82. The molecule has 0 saturated heterocycles. The van der Waals surface area contributed by atoms with Crippen molar-refractivity contribution in [1.29, 1.82) is 0 Å². The highest BCUT2D eigenvalue weighted by Gasteiger charge is 2.53. The number of rotatable bonds is 10. The number of carbonyl (C=O) groups is 2. The van der Waals surface area contributed by atoms with Crippen LogP contribution in [0.1, 0.15) is 67.2 Å². The number of carbonyl (C=O) groups excluding carboxylic acids is 2. The van der Waals surface area contributed by atoms with Crippen molar-refractivity contribution in [2.45, 2.75) is 79.4 Å². The molecule has 0 amide bonds. The summed E-state index contributed by atoms with van der Waals surface area (Å²) in [5, 5.41) is 0. The second-order valence-electron chi connectivity index (χ2n) is 7.90. The lowest BCUT2D eigenvalue weighted by molar-refractivity contribution is -0.128. The summed E-state index contributed by atoms with van der Waals surface area (Å²) in [6.07, 6.45) is 12.2. The Morgan fingerprint density at radius 1 is 0.833 bits per heavy atom. The standard InChI is InChI=1S/C24H34O5P/c1-7-19-13-11-15-21(23(19,9-3)17(5)25)28-30(27)29-22-16-12-14-20(8-2)24(22,10-4)18(6)26/h11-16,21-22H,7-10H2,1-6H3/q+1. The molecule has 5 nitrogen and oxygen atoms in total. The van der Waals surface area contributed by atoms with Crippen LogP contribution in [0.15, 0.2) is 47.6 Å². The largest absolute Gasteiger partial charge is 0.698 e. The van der Waals surface area contributed by atoms with Crippen molar-refractivity contribution in [3.63, 3.8) is 0 Å². The molecule has 0 bridgehead atoms. The molecule has 6 heteroatoms. The van der Waals surface area contributed by atoms with Gasteiger partial charge in [0.25, 0.3) is 0 Å². The van der Waals surface area contributed by atoms with Crippen molar-refractivity contribution in [2.24, 2.45) is 10.8 Å². The van der Waals surface area contributed by atoms with Gasteiger partial charge in [-0.3, -0.25) is 9.59 Å². The molecule has 0 fully saturated rings. The molecule has 0 radical (unpaired) electrons. The maximum Gasteiger partial charge on any atom is 0.698 e. The van der Waals surface area contributed by atoms with Crippen molar-refractivity contribution in [3.8, 4) is 0 Å². The summed E-state index contributed by atoms with van der Waals surface area (Å²) in [4.78, 5) is 25.3. The fourth-order valence-corrected chi connectivity index (χ4v) is 5.99. The Bertz CT molecular complexity index is 755. The van der Waals surface area contributed by atoms with Gasteiger partial charge in [-0.05, 0) is 51.7 Å². The number of allylic oxidation sites excluding steroid dienone is 4. The Labute approximate surface area is 181 Å². The highest BCUT2D eigenvalue weighted by Crippen LogP contribution is 2.49. The zero-order valence-corrected chi connectivity index (χ0v) is 19.8. The first-order chi connectivity index (χ1) is 14.2. The second kappa shape index (κ2) is 10.1. The average molecular weight is 434 g/mol. The lowest BCUT2D eigenvalue weighted by Gasteiger charge is -2.38. The summed E-state index contributed by atoms with van der Waals surface area (Å²) in [6.45, 7) is 11.0. The fourth-order valence-electron chi connectivity index (χ4n) is 5.07. The minimum absolute atomic E-state index is 0.0174. The highest BCUT2D eigenvalue weighted by molar-refractivity contribution is 7.33. The predicted octanol–water partition coefficient (Wildman–Crippen LogP) is 6.20. The van der Waals surface area contributed by atoms with Crippen LogP contribution >= 0.6 is 8.25 Å². The molecular weight excluding hydrogens is 399 g/mol. The third-order valence-corrected chi connectivity index (χ3v) is 7.62. The molecule has 0 aromatic heterocycles. The molecule has 0 saturated carbocycles. The van der Waals surface area contributed by atoms with Crippen molar-refractivity contribution in [1.82, 2.24) is 0 Å².